The summed E-state index contributed by atoms with van der Waals surface area (Å²) in [7, 11) is 0. The van der Waals surface area contributed by atoms with Crippen molar-refractivity contribution in [2.75, 3.05) is 18.4 Å². The highest BCUT2D eigenvalue weighted by Gasteiger charge is 2.32. The first-order valence-electron chi connectivity index (χ1n) is 6.84. The summed E-state index contributed by atoms with van der Waals surface area (Å²) in [5.74, 6) is -0.0728. The Kier molecular flexibility index (Phi) is 3.33. The molecule has 2 aliphatic rings. The van der Waals surface area contributed by atoms with Crippen LogP contribution < -0.4 is 5.32 Å². The van der Waals surface area contributed by atoms with E-state index in [9.17, 15) is 10.1 Å². The van der Waals surface area contributed by atoms with Gasteiger partial charge in [0.05, 0.1) is 0 Å². The minimum atomic E-state index is -0.424. The molecule has 6 nitrogen and oxygen atoms in total. The molecule has 1 N–H and O–H groups in total. The number of rotatable bonds is 3. The van der Waals surface area contributed by atoms with E-state index in [1.54, 1.807) is 12.1 Å². The van der Waals surface area contributed by atoms with Crippen LogP contribution in [0.1, 0.15) is 25.7 Å². The van der Waals surface area contributed by atoms with Crippen LogP contribution in [0.2, 0.25) is 0 Å². The lowest BCUT2D eigenvalue weighted by Gasteiger charge is -2.35. The highest BCUT2D eigenvalue weighted by molar-refractivity contribution is 5.57. The molecule has 19 heavy (non-hydrogen) atoms. The lowest BCUT2D eigenvalue weighted by atomic mass is 9.97. The van der Waals surface area contributed by atoms with Crippen LogP contribution in [-0.4, -0.2) is 40.0 Å². The average molecular weight is 262 g/mol. The summed E-state index contributed by atoms with van der Waals surface area (Å²) in [6.45, 7) is 2.31. The van der Waals surface area contributed by atoms with Gasteiger partial charge in [-0.15, -0.1) is 0 Å². The van der Waals surface area contributed by atoms with Gasteiger partial charge >= 0.3 is 5.82 Å². The summed E-state index contributed by atoms with van der Waals surface area (Å²) in [6.07, 6.45) is 6.12. The van der Waals surface area contributed by atoms with E-state index in [1.807, 2.05) is 0 Å². The van der Waals surface area contributed by atoms with Gasteiger partial charge in [0.25, 0.3) is 0 Å². The van der Waals surface area contributed by atoms with E-state index in [1.165, 1.54) is 25.6 Å². The molecule has 0 amide bonds. The summed E-state index contributed by atoms with van der Waals surface area (Å²) in [6, 6.07) is 4.45. The fourth-order valence-electron chi connectivity index (χ4n) is 3.23. The maximum Gasteiger partial charge on any atom is 0.386 e. The smallest absolute Gasteiger partial charge is 0.375 e. The van der Waals surface area contributed by atoms with Crippen LogP contribution in [0.3, 0.4) is 0 Å². The zero-order chi connectivity index (χ0) is 13.2. The fraction of sp³-hybridized carbons (Fsp3) is 0.615. The van der Waals surface area contributed by atoms with E-state index < -0.39 is 4.92 Å². The molecular formula is C13H18N4O2. The highest BCUT2D eigenvalue weighted by Crippen LogP contribution is 2.30. The van der Waals surface area contributed by atoms with E-state index in [0.717, 1.165) is 19.4 Å². The minimum absolute atomic E-state index is 0.0728. The van der Waals surface area contributed by atoms with E-state index in [-0.39, 0.29) is 5.82 Å². The molecule has 2 atom stereocenters. The maximum atomic E-state index is 10.9. The number of nitrogens with zero attached hydrogens (tertiary/aromatic N) is 3. The molecule has 102 valence electrons. The molecule has 0 radical (unpaired) electrons. The number of nitrogens with one attached hydrogen (secondary N) is 1. The van der Waals surface area contributed by atoms with Crippen molar-refractivity contribution in [1.82, 2.24) is 9.88 Å². The SMILES string of the molecule is O=[N+]([O-])c1ncccc1NC1CCN2CCCC2C1. The van der Waals surface area contributed by atoms with Crippen LogP contribution in [-0.2, 0) is 0 Å². The van der Waals surface area contributed by atoms with E-state index in [0.29, 0.717) is 17.8 Å². The Morgan fingerprint density at radius 2 is 2.32 bits per heavy atom. The normalized spacial score (nSPS) is 26.9. The van der Waals surface area contributed by atoms with Crippen molar-refractivity contribution in [2.45, 2.75) is 37.8 Å². The molecule has 3 heterocycles. The molecule has 1 aromatic rings. The van der Waals surface area contributed by atoms with Crippen molar-refractivity contribution >= 4 is 11.5 Å². The van der Waals surface area contributed by atoms with Crippen LogP contribution in [0.4, 0.5) is 11.5 Å². The largest absolute Gasteiger partial charge is 0.386 e. The Morgan fingerprint density at radius 3 is 3.16 bits per heavy atom. The number of aromatic nitrogens is 1. The van der Waals surface area contributed by atoms with Gasteiger partial charge in [0.2, 0.25) is 0 Å². The van der Waals surface area contributed by atoms with Gasteiger partial charge in [-0.1, -0.05) is 0 Å². The fourth-order valence-corrected chi connectivity index (χ4v) is 3.23. The molecule has 2 aliphatic heterocycles. The van der Waals surface area contributed by atoms with Gasteiger partial charge in [-0.2, -0.15) is 0 Å². The van der Waals surface area contributed by atoms with E-state index in [2.05, 4.69) is 15.2 Å². The standard InChI is InChI=1S/C13H18N4O2/c18-17(19)13-12(4-1-6-14-13)15-10-5-8-16-7-2-3-11(16)9-10/h1,4,6,10-11,15H,2-3,5,7-9H2. The predicted molar refractivity (Wildman–Crippen MR) is 72.1 cm³/mol. The van der Waals surface area contributed by atoms with Crippen LogP contribution in [0.5, 0.6) is 0 Å². The number of piperidine rings is 1. The number of anilines is 1. The summed E-state index contributed by atoms with van der Waals surface area (Å²) in [5.41, 5.74) is 0.545. The molecule has 0 spiro atoms. The lowest BCUT2D eigenvalue weighted by molar-refractivity contribution is -0.388. The van der Waals surface area contributed by atoms with Gasteiger partial charge in [0, 0.05) is 18.6 Å². The van der Waals surface area contributed by atoms with Crippen molar-refractivity contribution in [3.05, 3.63) is 28.4 Å². The maximum absolute atomic E-state index is 10.9. The number of hydrogen-bond donors (Lipinski definition) is 1. The third kappa shape index (κ3) is 2.53. The Labute approximate surface area is 112 Å². The van der Waals surface area contributed by atoms with Crippen molar-refractivity contribution in [1.29, 1.82) is 0 Å². The van der Waals surface area contributed by atoms with Crippen molar-refractivity contribution in [3.63, 3.8) is 0 Å². The van der Waals surface area contributed by atoms with E-state index in [4.69, 9.17) is 0 Å². The number of hydrogen-bond acceptors (Lipinski definition) is 5. The first kappa shape index (κ1) is 12.3. The topological polar surface area (TPSA) is 71.3 Å². The van der Waals surface area contributed by atoms with Crippen LogP contribution >= 0.6 is 0 Å². The van der Waals surface area contributed by atoms with E-state index >= 15 is 0 Å². The van der Waals surface area contributed by atoms with Gasteiger partial charge < -0.3 is 20.3 Å². The molecule has 3 rings (SSSR count). The molecule has 0 saturated carbocycles. The number of fused-ring (bicyclic) bond motifs is 1. The molecule has 0 bridgehead atoms. The van der Waals surface area contributed by atoms with Gasteiger partial charge in [0.1, 0.15) is 11.9 Å². The molecule has 2 unspecified atom stereocenters. The molecule has 0 aromatic carbocycles. The second-order valence-corrected chi connectivity index (χ2v) is 5.33. The summed E-state index contributed by atoms with van der Waals surface area (Å²) in [5, 5.41) is 14.3. The van der Waals surface area contributed by atoms with Gasteiger partial charge in [-0.25, -0.2) is 0 Å². The molecule has 2 saturated heterocycles. The zero-order valence-electron chi connectivity index (χ0n) is 10.8. The molecular weight excluding hydrogens is 244 g/mol. The van der Waals surface area contributed by atoms with Crippen molar-refractivity contribution in [2.24, 2.45) is 0 Å². The Bertz CT molecular complexity index is 479. The Balaban J connectivity index is 1.70. The second-order valence-electron chi connectivity index (χ2n) is 5.33. The summed E-state index contributed by atoms with van der Waals surface area (Å²) in [4.78, 5) is 16.9. The lowest BCUT2D eigenvalue weighted by Crippen LogP contribution is -2.42. The Hall–Kier alpha value is -1.69. The van der Waals surface area contributed by atoms with Gasteiger partial charge in [0.15, 0.2) is 0 Å². The minimum Gasteiger partial charge on any atom is -0.375 e. The van der Waals surface area contributed by atoms with Crippen LogP contribution in [0, 0.1) is 10.1 Å². The number of pyridine rings is 1. The summed E-state index contributed by atoms with van der Waals surface area (Å²) >= 11 is 0. The molecule has 2 fully saturated rings. The predicted octanol–water partition coefficient (Wildman–Crippen LogP) is 2.03. The number of nitro groups is 1. The zero-order valence-corrected chi connectivity index (χ0v) is 10.8. The molecule has 6 heteroatoms. The quantitative estimate of drug-likeness (QED) is 0.666. The van der Waals surface area contributed by atoms with Crippen LogP contribution in [0.15, 0.2) is 18.3 Å². The first-order chi connectivity index (χ1) is 9.24. The molecule has 0 aliphatic carbocycles. The average Bonchev–Trinajstić information content (AvgIpc) is 2.86. The third-order valence-electron chi connectivity index (χ3n) is 4.14. The summed E-state index contributed by atoms with van der Waals surface area (Å²) < 4.78 is 0. The highest BCUT2D eigenvalue weighted by atomic mass is 16.6. The van der Waals surface area contributed by atoms with Crippen LogP contribution in [0.25, 0.3) is 0 Å². The second kappa shape index (κ2) is 5.13. The monoisotopic (exact) mass is 262 g/mol. The van der Waals surface area contributed by atoms with Crippen molar-refractivity contribution < 1.29 is 4.92 Å². The first-order valence-corrected chi connectivity index (χ1v) is 6.84. The van der Waals surface area contributed by atoms with Gasteiger partial charge in [-0.3, -0.25) is 0 Å². The Morgan fingerprint density at radius 1 is 1.42 bits per heavy atom. The molecule has 1 aromatic heterocycles. The van der Waals surface area contributed by atoms with Crippen molar-refractivity contribution in [3.8, 4) is 0 Å². The third-order valence-corrected chi connectivity index (χ3v) is 4.14. The van der Waals surface area contributed by atoms with Gasteiger partial charge in [-0.05, 0) is 54.3 Å².